The molecular weight excluding hydrogens is 234 g/mol. The summed E-state index contributed by atoms with van der Waals surface area (Å²) >= 11 is 4.71. The maximum absolute atomic E-state index is 11.8. The third-order valence-electron chi connectivity index (χ3n) is 2.53. The lowest BCUT2D eigenvalue weighted by Crippen LogP contribution is -2.30. The van der Waals surface area contributed by atoms with Crippen molar-refractivity contribution in [1.82, 2.24) is 10.3 Å². The molecule has 4 N–H and O–H groups in total. The number of hydrogen-bond donors (Lipinski definition) is 3. The minimum atomic E-state index is -0.119. The summed E-state index contributed by atoms with van der Waals surface area (Å²) in [6.07, 6.45) is 0. The summed E-state index contributed by atoms with van der Waals surface area (Å²) in [6.45, 7) is 2.33. The molecule has 0 fully saturated rings. The van der Waals surface area contributed by atoms with Crippen molar-refractivity contribution in [3.8, 4) is 0 Å². The number of aromatic amines is 1. The van der Waals surface area contributed by atoms with Crippen molar-refractivity contribution in [2.75, 3.05) is 0 Å². The molecule has 4 nitrogen and oxygen atoms in total. The highest BCUT2D eigenvalue weighted by Gasteiger charge is 2.03. The third kappa shape index (κ3) is 2.62. The van der Waals surface area contributed by atoms with Gasteiger partial charge in [-0.1, -0.05) is 12.1 Å². The van der Waals surface area contributed by atoms with Crippen LogP contribution in [-0.2, 0) is 6.54 Å². The first-order valence-corrected chi connectivity index (χ1v) is 5.63. The Kier molecular flexibility index (Phi) is 3.10. The topological polar surface area (TPSA) is 70.9 Å². The van der Waals surface area contributed by atoms with Gasteiger partial charge >= 0.3 is 0 Å². The van der Waals surface area contributed by atoms with Crippen LogP contribution in [-0.4, -0.2) is 10.1 Å². The van der Waals surface area contributed by atoms with Gasteiger partial charge in [-0.05, 0) is 42.2 Å². The molecule has 5 heteroatoms. The molecule has 0 bridgehead atoms. The van der Waals surface area contributed by atoms with E-state index in [2.05, 4.69) is 10.3 Å². The Bertz CT molecular complexity index is 633. The molecule has 1 aromatic carbocycles. The van der Waals surface area contributed by atoms with E-state index in [9.17, 15) is 4.79 Å². The van der Waals surface area contributed by atoms with Gasteiger partial charge in [0.1, 0.15) is 0 Å². The Hall–Kier alpha value is -1.88. The molecule has 2 aromatic rings. The molecule has 0 aliphatic rings. The van der Waals surface area contributed by atoms with Crippen LogP contribution in [0.4, 0.5) is 0 Å². The average molecular weight is 247 g/mol. The van der Waals surface area contributed by atoms with Crippen LogP contribution in [0.25, 0.3) is 10.9 Å². The summed E-state index contributed by atoms with van der Waals surface area (Å²) < 4.78 is 0. The highest BCUT2D eigenvalue weighted by atomic mass is 32.1. The second-order valence-corrected chi connectivity index (χ2v) is 4.37. The molecule has 1 aromatic heterocycles. The minimum Gasteiger partial charge on any atom is -0.376 e. The monoisotopic (exact) mass is 247 g/mol. The number of rotatable bonds is 2. The van der Waals surface area contributed by atoms with E-state index in [1.54, 1.807) is 0 Å². The summed E-state index contributed by atoms with van der Waals surface area (Å²) in [5.74, 6) is 0. The van der Waals surface area contributed by atoms with E-state index in [0.717, 1.165) is 16.5 Å². The lowest BCUT2D eigenvalue weighted by Gasteiger charge is -2.05. The normalized spacial score (nSPS) is 10.4. The molecule has 0 saturated heterocycles. The fourth-order valence-corrected chi connectivity index (χ4v) is 1.75. The first-order valence-electron chi connectivity index (χ1n) is 5.22. The van der Waals surface area contributed by atoms with Crippen LogP contribution >= 0.6 is 12.2 Å². The number of thiocarbonyl (C=S) groups is 1. The van der Waals surface area contributed by atoms with Crippen LogP contribution < -0.4 is 16.6 Å². The number of H-pyrrole nitrogens is 1. The molecule has 0 atom stereocenters. The number of hydrogen-bond acceptors (Lipinski definition) is 2. The molecule has 0 aliphatic carbocycles. The zero-order chi connectivity index (χ0) is 12.4. The van der Waals surface area contributed by atoms with E-state index in [4.69, 9.17) is 18.0 Å². The molecule has 0 aliphatic heterocycles. The molecule has 0 radical (unpaired) electrons. The number of benzene rings is 1. The van der Waals surface area contributed by atoms with Crippen molar-refractivity contribution in [2.24, 2.45) is 5.73 Å². The maximum Gasteiger partial charge on any atom is 0.253 e. The van der Waals surface area contributed by atoms with Gasteiger partial charge in [-0.15, -0.1) is 0 Å². The maximum atomic E-state index is 11.8. The molecule has 1 heterocycles. The van der Waals surface area contributed by atoms with E-state index >= 15 is 0 Å². The number of aromatic nitrogens is 1. The third-order valence-corrected chi connectivity index (χ3v) is 2.68. The Labute approximate surface area is 104 Å². The standard InChI is InChI=1S/C12H13N3OS/c1-7-2-3-8-5-9(6-14-12(13)17)11(16)15-10(8)4-7/h2-5H,6H2,1H3,(H,15,16)(H3,13,14,17). The SMILES string of the molecule is Cc1ccc2cc(CNC(N)=S)c(=O)[nH]c2c1. The molecule has 2 rings (SSSR count). The predicted octanol–water partition coefficient (Wildman–Crippen LogP) is 1.17. The van der Waals surface area contributed by atoms with Gasteiger partial charge in [-0.25, -0.2) is 0 Å². The molecular formula is C12H13N3OS. The summed E-state index contributed by atoms with van der Waals surface area (Å²) in [6, 6.07) is 7.77. The number of nitrogens with two attached hydrogens (primary N) is 1. The Morgan fingerprint density at radius 1 is 1.47 bits per heavy atom. The van der Waals surface area contributed by atoms with Crippen molar-refractivity contribution in [1.29, 1.82) is 0 Å². The van der Waals surface area contributed by atoms with Crippen molar-refractivity contribution >= 4 is 28.2 Å². The number of pyridine rings is 1. The summed E-state index contributed by atoms with van der Waals surface area (Å²) in [4.78, 5) is 14.6. The molecule has 0 spiro atoms. The zero-order valence-corrected chi connectivity index (χ0v) is 10.2. The second-order valence-electron chi connectivity index (χ2n) is 3.93. The first kappa shape index (κ1) is 11.6. The summed E-state index contributed by atoms with van der Waals surface area (Å²) in [7, 11) is 0. The van der Waals surface area contributed by atoms with Crippen molar-refractivity contribution < 1.29 is 0 Å². The first-order chi connectivity index (χ1) is 8.06. The number of fused-ring (bicyclic) bond motifs is 1. The van der Waals surface area contributed by atoms with E-state index in [1.165, 1.54) is 0 Å². The molecule has 0 saturated carbocycles. The minimum absolute atomic E-state index is 0.119. The fourth-order valence-electron chi connectivity index (χ4n) is 1.67. The number of nitrogens with one attached hydrogen (secondary N) is 2. The van der Waals surface area contributed by atoms with Crippen LogP contribution in [0.15, 0.2) is 29.1 Å². The van der Waals surface area contributed by atoms with Crippen LogP contribution in [0.2, 0.25) is 0 Å². The highest BCUT2D eigenvalue weighted by molar-refractivity contribution is 7.80. The van der Waals surface area contributed by atoms with Crippen LogP contribution in [0.1, 0.15) is 11.1 Å². The molecule has 17 heavy (non-hydrogen) atoms. The van der Waals surface area contributed by atoms with E-state index in [-0.39, 0.29) is 10.7 Å². The zero-order valence-electron chi connectivity index (χ0n) is 9.41. The summed E-state index contributed by atoms with van der Waals surface area (Å²) in [5.41, 5.74) is 7.79. The Balaban J connectivity index is 2.45. The van der Waals surface area contributed by atoms with E-state index in [1.807, 2.05) is 31.2 Å². The smallest absolute Gasteiger partial charge is 0.253 e. The van der Waals surface area contributed by atoms with Gasteiger partial charge in [0.05, 0.1) is 0 Å². The van der Waals surface area contributed by atoms with Crippen molar-refractivity contribution in [3.63, 3.8) is 0 Å². The molecule has 88 valence electrons. The highest BCUT2D eigenvalue weighted by Crippen LogP contribution is 2.12. The lowest BCUT2D eigenvalue weighted by molar-refractivity contribution is 0.902. The quantitative estimate of drug-likeness (QED) is 0.697. The van der Waals surface area contributed by atoms with Gasteiger partial charge < -0.3 is 16.0 Å². The van der Waals surface area contributed by atoms with Gasteiger partial charge in [0.25, 0.3) is 5.56 Å². The largest absolute Gasteiger partial charge is 0.376 e. The van der Waals surface area contributed by atoms with Gasteiger partial charge in [-0.2, -0.15) is 0 Å². The Morgan fingerprint density at radius 3 is 2.94 bits per heavy atom. The predicted molar refractivity (Wildman–Crippen MR) is 72.9 cm³/mol. The van der Waals surface area contributed by atoms with E-state index in [0.29, 0.717) is 12.1 Å². The lowest BCUT2D eigenvalue weighted by atomic mass is 10.1. The van der Waals surface area contributed by atoms with Crippen molar-refractivity contribution in [3.05, 3.63) is 45.7 Å². The fraction of sp³-hybridized carbons (Fsp3) is 0.167. The summed E-state index contributed by atoms with van der Waals surface area (Å²) in [5, 5.41) is 3.95. The van der Waals surface area contributed by atoms with Crippen molar-refractivity contribution in [2.45, 2.75) is 13.5 Å². The molecule has 0 amide bonds. The van der Waals surface area contributed by atoms with Crippen LogP contribution in [0.3, 0.4) is 0 Å². The Morgan fingerprint density at radius 2 is 2.24 bits per heavy atom. The van der Waals surface area contributed by atoms with Gasteiger partial charge in [-0.3, -0.25) is 4.79 Å². The van der Waals surface area contributed by atoms with Gasteiger partial charge in [0.2, 0.25) is 0 Å². The second kappa shape index (κ2) is 4.55. The average Bonchev–Trinajstić information content (AvgIpc) is 2.26. The van der Waals surface area contributed by atoms with Crippen LogP contribution in [0.5, 0.6) is 0 Å². The van der Waals surface area contributed by atoms with Crippen LogP contribution in [0, 0.1) is 6.92 Å². The van der Waals surface area contributed by atoms with Gasteiger partial charge in [0, 0.05) is 17.6 Å². The van der Waals surface area contributed by atoms with Gasteiger partial charge in [0.15, 0.2) is 5.11 Å². The van der Waals surface area contributed by atoms with E-state index < -0.39 is 0 Å². The molecule has 0 unspecified atom stereocenters. The number of aryl methyl sites for hydroxylation is 1.